The number of carbonyl (C=O) groups is 1. The molecule has 2 rings (SSSR count). The third kappa shape index (κ3) is 1.15. The summed E-state index contributed by atoms with van der Waals surface area (Å²) >= 11 is 0. The fourth-order valence-electron chi connectivity index (χ4n) is 0.948. The second kappa shape index (κ2) is 2.70. The SMILES string of the molecule is O=C(O)c1[nH]ncc1-n1ccnn1. The lowest BCUT2D eigenvalue weighted by molar-refractivity contribution is 0.0690. The summed E-state index contributed by atoms with van der Waals surface area (Å²) in [5.41, 5.74) is 0.357. The molecule has 0 saturated heterocycles. The minimum absolute atomic E-state index is 0.00880. The van der Waals surface area contributed by atoms with Crippen molar-refractivity contribution >= 4 is 5.97 Å². The zero-order chi connectivity index (χ0) is 9.26. The van der Waals surface area contributed by atoms with Gasteiger partial charge in [-0.05, 0) is 0 Å². The highest BCUT2D eigenvalue weighted by molar-refractivity contribution is 5.89. The van der Waals surface area contributed by atoms with Gasteiger partial charge in [-0.1, -0.05) is 5.21 Å². The number of hydrogen-bond acceptors (Lipinski definition) is 4. The standard InChI is InChI=1S/C6H5N5O2/c12-6(13)5-4(3-8-9-5)11-2-1-7-10-11/h1-3H,(H,8,9)(H,12,13). The number of carboxylic acid groups (broad SMARTS) is 1. The molecule has 0 fully saturated rings. The van der Waals surface area contributed by atoms with E-state index in [1.165, 1.54) is 23.3 Å². The molecule has 0 bridgehead atoms. The highest BCUT2D eigenvalue weighted by Gasteiger charge is 2.13. The number of aromatic nitrogens is 5. The third-order valence-electron chi connectivity index (χ3n) is 1.50. The van der Waals surface area contributed by atoms with E-state index in [-0.39, 0.29) is 5.69 Å². The Morgan fingerprint density at radius 1 is 1.62 bits per heavy atom. The molecule has 0 aliphatic heterocycles. The Balaban J connectivity index is 2.52. The molecule has 0 unspecified atom stereocenters. The first-order chi connectivity index (χ1) is 6.29. The molecule has 7 nitrogen and oxygen atoms in total. The van der Waals surface area contributed by atoms with Gasteiger partial charge in [-0.3, -0.25) is 5.10 Å². The van der Waals surface area contributed by atoms with Gasteiger partial charge in [0.05, 0.1) is 18.6 Å². The first kappa shape index (κ1) is 7.47. The Morgan fingerprint density at radius 3 is 3.08 bits per heavy atom. The maximum Gasteiger partial charge on any atom is 0.356 e. The van der Waals surface area contributed by atoms with Crippen LogP contribution in [0, 0.1) is 0 Å². The van der Waals surface area contributed by atoms with Crippen LogP contribution in [-0.4, -0.2) is 36.3 Å². The number of aromatic carboxylic acids is 1. The Kier molecular flexibility index (Phi) is 1.55. The Bertz CT molecular complexity index is 418. The summed E-state index contributed by atoms with van der Waals surface area (Å²) in [6.45, 7) is 0. The second-order valence-corrected chi connectivity index (χ2v) is 2.28. The maximum absolute atomic E-state index is 10.6. The number of H-pyrrole nitrogens is 1. The molecule has 2 N–H and O–H groups in total. The summed E-state index contributed by atoms with van der Waals surface area (Å²) in [4.78, 5) is 10.6. The average molecular weight is 179 g/mol. The van der Waals surface area contributed by atoms with Gasteiger partial charge in [0.15, 0.2) is 5.69 Å². The predicted octanol–water partition coefficient (Wildman–Crippen LogP) is -0.311. The van der Waals surface area contributed by atoms with E-state index in [4.69, 9.17) is 5.11 Å². The van der Waals surface area contributed by atoms with Gasteiger partial charge in [0.25, 0.3) is 0 Å². The quantitative estimate of drug-likeness (QED) is 0.659. The van der Waals surface area contributed by atoms with Gasteiger partial charge in [0.2, 0.25) is 0 Å². The minimum atomic E-state index is -1.08. The largest absolute Gasteiger partial charge is 0.476 e. The van der Waals surface area contributed by atoms with Gasteiger partial charge in [-0.2, -0.15) is 5.10 Å². The van der Waals surface area contributed by atoms with Crippen LogP contribution in [0.3, 0.4) is 0 Å². The molecule has 2 heterocycles. The molecule has 0 radical (unpaired) electrons. The van der Waals surface area contributed by atoms with Crippen molar-refractivity contribution in [3.05, 3.63) is 24.3 Å². The van der Waals surface area contributed by atoms with Gasteiger partial charge in [-0.15, -0.1) is 5.10 Å². The van der Waals surface area contributed by atoms with Gasteiger partial charge in [0, 0.05) is 0 Å². The number of carboxylic acids is 1. The Morgan fingerprint density at radius 2 is 2.46 bits per heavy atom. The van der Waals surface area contributed by atoms with Crippen LogP contribution in [0.15, 0.2) is 18.6 Å². The molecule has 13 heavy (non-hydrogen) atoms. The van der Waals surface area contributed by atoms with Crippen molar-refractivity contribution in [2.24, 2.45) is 0 Å². The van der Waals surface area contributed by atoms with E-state index in [1.807, 2.05) is 0 Å². The van der Waals surface area contributed by atoms with Gasteiger partial charge >= 0.3 is 5.97 Å². The van der Waals surface area contributed by atoms with Gasteiger partial charge in [0.1, 0.15) is 5.69 Å². The fourth-order valence-corrected chi connectivity index (χ4v) is 0.948. The molecule has 2 aromatic rings. The Labute approximate surface area is 72.0 Å². The van der Waals surface area contributed by atoms with Crippen LogP contribution in [0.4, 0.5) is 0 Å². The highest BCUT2D eigenvalue weighted by atomic mass is 16.4. The van der Waals surface area contributed by atoms with Crippen molar-refractivity contribution in [3.63, 3.8) is 0 Å². The van der Waals surface area contributed by atoms with Crippen molar-refractivity contribution in [2.45, 2.75) is 0 Å². The van der Waals surface area contributed by atoms with Crippen molar-refractivity contribution < 1.29 is 9.90 Å². The van der Waals surface area contributed by atoms with Crippen molar-refractivity contribution in [1.29, 1.82) is 0 Å². The highest BCUT2D eigenvalue weighted by Crippen LogP contribution is 2.08. The number of aromatic amines is 1. The summed E-state index contributed by atoms with van der Waals surface area (Å²) in [5, 5.41) is 21.9. The van der Waals surface area contributed by atoms with Crippen molar-refractivity contribution in [3.8, 4) is 5.69 Å². The van der Waals surface area contributed by atoms with E-state index < -0.39 is 5.97 Å². The summed E-state index contributed by atoms with van der Waals surface area (Å²) in [6, 6.07) is 0. The van der Waals surface area contributed by atoms with E-state index in [9.17, 15) is 4.79 Å². The Hall–Kier alpha value is -2.18. The molecule has 0 aliphatic carbocycles. The lowest BCUT2D eigenvalue weighted by Gasteiger charge is -1.95. The molecule has 0 aromatic carbocycles. The lowest BCUT2D eigenvalue weighted by Crippen LogP contribution is -2.04. The van der Waals surface area contributed by atoms with Gasteiger partial charge < -0.3 is 5.11 Å². The maximum atomic E-state index is 10.6. The summed E-state index contributed by atoms with van der Waals surface area (Å²) in [5.74, 6) is -1.08. The number of hydrogen-bond donors (Lipinski definition) is 2. The van der Waals surface area contributed by atoms with Crippen LogP contribution in [0.5, 0.6) is 0 Å². The van der Waals surface area contributed by atoms with Crippen LogP contribution in [0.1, 0.15) is 10.5 Å². The summed E-state index contributed by atoms with van der Waals surface area (Å²) in [6.07, 6.45) is 4.37. The fraction of sp³-hybridized carbons (Fsp3) is 0. The van der Waals surface area contributed by atoms with Crippen LogP contribution in [0.2, 0.25) is 0 Å². The smallest absolute Gasteiger partial charge is 0.356 e. The zero-order valence-corrected chi connectivity index (χ0v) is 6.38. The van der Waals surface area contributed by atoms with E-state index in [2.05, 4.69) is 20.5 Å². The molecular weight excluding hydrogens is 174 g/mol. The van der Waals surface area contributed by atoms with Gasteiger partial charge in [-0.25, -0.2) is 9.48 Å². The molecule has 2 aromatic heterocycles. The topological polar surface area (TPSA) is 96.7 Å². The first-order valence-corrected chi connectivity index (χ1v) is 3.42. The van der Waals surface area contributed by atoms with Crippen LogP contribution < -0.4 is 0 Å². The molecule has 0 atom stereocenters. The molecule has 0 spiro atoms. The first-order valence-electron chi connectivity index (χ1n) is 3.42. The number of nitrogens with one attached hydrogen (secondary N) is 1. The molecule has 0 saturated carbocycles. The number of nitrogens with zero attached hydrogens (tertiary/aromatic N) is 4. The average Bonchev–Trinajstić information content (AvgIpc) is 2.74. The molecule has 66 valence electrons. The predicted molar refractivity (Wildman–Crippen MR) is 40.5 cm³/mol. The summed E-state index contributed by atoms with van der Waals surface area (Å²) < 4.78 is 1.33. The van der Waals surface area contributed by atoms with Crippen LogP contribution in [-0.2, 0) is 0 Å². The van der Waals surface area contributed by atoms with Crippen LogP contribution in [0.25, 0.3) is 5.69 Å². The van der Waals surface area contributed by atoms with Crippen LogP contribution >= 0.6 is 0 Å². The molecule has 7 heteroatoms. The van der Waals surface area contributed by atoms with E-state index in [1.54, 1.807) is 0 Å². The molecular formula is C6H5N5O2. The summed E-state index contributed by atoms with van der Waals surface area (Å²) in [7, 11) is 0. The van der Waals surface area contributed by atoms with E-state index in [0.717, 1.165) is 0 Å². The molecule has 0 amide bonds. The zero-order valence-electron chi connectivity index (χ0n) is 6.38. The van der Waals surface area contributed by atoms with E-state index >= 15 is 0 Å². The monoisotopic (exact) mass is 179 g/mol. The van der Waals surface area contributed by atoms with Crippen molar-refractivity contribution in [2.75, 3.05) is 0 Å². The molecule has 0 aliphatic rings. The third-order valence-corrected chi connectivity index (χ3v) is 1.50. The normalized spacial score (nSPS) is 10.2. The van der Waals surface area contributed by atoms with Crippen molar-refractivity contribution in [1.82, 2.24) is 25.2 Å². The lowest BCUT2D eigenvalue weighted by atomic mass is 10.4. The van der Waals surface area contributed by atoms with E-state index in [0.29, 0.717) is 5.69 Å². The number of rotatable bonds is 2. The minimum Gasteiger partial charge on any atom is -0.476 e. The second-order valence-electron chi connectivity index (χ2n) is 2.28.